The number of hydrogen-bond acceptors (Lipinski definition) is 7. The predicted molar refractivity (Wildman–Crippen MR) is 155 cm³/mol. The van der Waals surface area contributed by atoms with Crippen LogP contribution in [0.5, 0.6) is 0 Å². The smallest absolute Gasteiger partial charge is 0.339 e. The lowest BCUT2D eigenvalue weighted by Crippen LogP contribution is -2.42. The molecule has 4 N–H and O–H groups in total. The molecule has 2 amide bonds. The summed E-state index contributed by atoms with van der Waals surface area (Å²) in [6, 6.07) is 21.3. The summed E-state index contributed by atoms with van der Waals surface area (Å²) >= 11 is 0. The van der Waals surface area contributed by atoms with E-state index in [0.29, 0.717) is 17.8 Å². The van der Waals surface area contributed by atoms with Crippen LogP contribution in [0.3, 0.4) is 0 Å². The maximum Gasteiger partial charge on any atom is 0.339 e. The molecule has 0 saturated carbocycles. The topological polar surface area (TPSA) is 164 Å². The number of benzene rings is 3. The minimum Gasteiger partial charge on any atom is -0.480 e. The zero-order chi connectivity index (χ0) is 30.1. The second-order valence-corrected chi connectivity index (χ2v) is 10.8. The van der Waals surface area contributed by atoms with E-state index in [1.165, 1.54) is 24.3 Å². The van der Waals surface area contributed by atoms with Gasteiger partial charge in [0.15, 0.2) is 0 Å². The van der Waals surface area contributed by atoms with Crippen LogP contribution in [0.4, 0.5) is 10.5 Å². The average Bonchev–Trinajstić information content (AvgIpc) is 3.00. The van der Waals surface area contributed by atoms with Gasteiger partial charge in [-0.1, -0.05) is 54.6 Å². The van der Waals surface area contributed by atoms with Crippen molar-refractivity contribution in [3.8, 4) is 11.1 Å². The van der Waals surface area contributed by atoms with Crippen molar-refractivity contribution in [1.82, 2.24) is 15.0 Å². The number of aromatic nitrogens is 1. The number of esters is 1. The third kappa shape index (κ3) is 7.77. The van der Waals surface area contributed by atoms with Crippen LogP contribution < -0.4 is 15.4 Å². The molecule has 0 aliphatic heterocycles. The molecule has 11 nitrogen and oxygen atoms in total. The summed E-state index contributed by atoms with van der Waals surface area (Å²) in [6.45, 7) is 0.326. The number of pyridine rings is 1. The number of methoxy groups -OCH3 is 1. The lowest BCUT2D eigenvalue weighted by Gasteiger charge is -2.16. The van der Waals surface area contributed by atoms with Gasteiger partial charge in [0.2, 0.25) is 10.0 Å². The van der Waals surface area contributed by atoms with Crippen molar-refractivity contribution in [1.29, 1.82) is 0 Å². The third-order valence-electron chi connectivity index (χ3n) is 6.20. The first-order valence-electron chi connectivity index (χ1n) is 12.7. The molecule has 0 saturated heterocycles. The summed E-state index contributed by atoms with van der Waals surface area (Å²) in [5.41, 5.74) is 3.42. The van der Waals surface area contributed by atoms with Gasteiger partial charge in [-0.25, -0.2) is 18.0 Å². The first kappa shape index (κ1) is 29.9. The van der Waals surface area contributed by atoms with E-state index in [9.17, 15) is 27.9 Å². The van der Waals surface area contributed by atoms with Crippen LogP contribution in [0, 0.1) is 0 Å². The van der Waals surface area contributed by atoms with E-state index in [0.717, 1.165) is 23.8 Å². The zero-order valence-electron chi connectivity index (χ0n) is 22.5. The number of carbonyl (C=O) groups excluding carboxylic acids is 2. The Morgan fingerprint density at radius 3 is 2.36 bits per heavy atom. The van der Waals surface area contributed by atoms with E-state index < -0.39 is 28.0 Å². The van der Waals surface area contributed by atoms with Gasteiger partial charge in [0.1, 0.15) is 6.04 Å². The number of ether oxygens (including phenoxy) is 1. The summed E-state index contributed by atoms with van der Waals surface area (Å²) in [5, 5.41) is 15.3. The number of nitrogens with zero attached hydrogens (tertiary/aromatic N) is 1. The van der Waals surface area contributed by atoms with Gasteiger partial charge in [0.05, 0.1) is 17.6 Å². The minimum atomic E-state index is -4.37. The molecule has 12 heteroatoms. The number of carbonyl (C=O) groups is 3. The molecular weight excluding hydrogens is 560 g/mol. The van der Waals surface area contributed by atoms with Crippen molar-refractivity contribution in [3.05, 3.63) is 114 Å². The van der Waals surface area contributed by atoms with E-state index in [2.05, 4.69) is 25.1 Å². The summed E-state index contributed by atoms with van der Waals surface area (Å²) in [6.07, 6.45) is 3.18. The lowest BCUT2D eigenvalue weighted by atomic mass is 10.0. The zero-order valence-corrected chi connectivity index (χ0v) is 23.3. The second kappa shape index (κ2) is 13.5. The van der Waals surface area contributed by atoms with Gasteiger partial charge in [-0.2, -0.15) is 4.72 Å². The molecule has 0 aliphatic carbocycles. The number of nitrogens with one attached hydrogen (secondary N) is 3. The Kier molecular flexibility index (Phi) is 9.63. The summed E-state index contributed by atoms with van der Waals surface area (Å²) in [7, 11) is -3.25. The largest absolute Gasteiger partial charge is 0.480 e. The maximum absolute atomic E-state index is 13.0. The summed E-state index contributed by atoms with van der Waals surface area (Å²) in [5.74, 6) is -2.23. The molecule has 1 aromatic heterocycles. The van der Waals surface area contributed by atoms with Crippen molar-refractivity contribution in [2.45, 2.75) is 23.9 Å². The van der Waals surface area contributed by atoms with Crippen LogP contribution in [0.2, 0.25) is 0 Å². The monoisotopic (exact) mass is 588 g/mol. The van der Waals surface area contributed by atoms with Crippen molar-refractivity contribution >= 4 is 33.7 Å². The van der Waals surface area contributed by atoms with Crippen LogP contribution in [0.15, 0.2) is 102 Å². The van der Waals surface area contributed by atoms with E-state index >= 15 is 0 Å². The van der Waals surface area contributed by atoms with E-state index in [-0.39, 0.29) is 22.9 Å². The standard InChI is InChI=1S/C30H28N4O7S/c1-41-29(37)25-9-2-3-10-27(25)42(39,40)34-26(28(35)36)16-20-11-13-22(14-12-20)23-7-4-8-24(17-23)33-30(38)32-19-21-6-5-15-31-18-21/h2-15,17-18,26,34H,16,19H2,1H3,(H,35,36)(H2,32,33,38). The number of carboxylic acid groups (broad SMARTS) is 1. The molecule has 1 unspecified atom stereocenters. The SMILES string of the molecule is COC(=O)c1ccccc1S(=O)(=O)NC(Cc1ccc(-c2cccc(NC(=O)NCc3cccnc3)c2)cc1)C(=O)O. The van der Waals surface area contributed by atoms with Gasteiger partial charge in [-0.05, 0) is 59.0 Å². The third-order valence-corrected chi connectivity index (χ3v) is 7.73. The Hall–Kier alpha value is -5.07. The quantitative estimate of drug-likeness (QED) is 0.192. The number of rotatable bonds is 11. The Labute approximate surface area is 242 Å². The van der Waals surface area contributed by atoms with E-state index in [1.807, 2.05) is 12.1 Å². The van der Waals surface area contributed by atoms with Crippen LogP contribution >= 0.6 is 0 Å². The maximum atomic E-state index is 13.0. The molecule has 0 fully saturated rings. The summed E-state index contributed by atoms with van der Waals surface area (Å²) < 4.78 is 32.9. The molecule has 216 valence electrons. The highest BCUT2D eigenvalue weighted by atomic mass is 32.2. The number of amides is 2. The number of hydrogen-bond donors (Lipinski definition) is 4. The first-order valence-corrected chi connectivity index (χ1v) is 14.2. The molecule has 0 spiro atoms. The van der Waals surface area contributed by atoms with Gasteiger partial charge >= 0.3 is 18.0 Å². The Morgan fingerprint density at radius 1 is 0.905 bits per heavy atom. The van der Waals surface area contributed by atoms with Gasteiger partial charge in [-0.3, -0.25) is 9.78 Å². The summed E-state index contributed by atoms with van der Waals surface area (Å²) in [4.78, 5) is 40.0. The molecule has 1 atom stereocenters. The molecule has 1 heterocycles. The predicted octanol–water partition coefficient (Wildman–Crippen LogP) is 3.83. The highest BCUT2D eigenvalue weighted by molar-refractivity contribution is 7.89. The van der Waals surface area contributed by atoms with Crippen LogP contribution in [0.25, 0.3) is 11.1 Å². The molecule has 4 aromatic rings. The Morgan fingerprint density at radius 2 is 1.67 bits per heavy atom. The highest BCUT2D eigenvalue weighted by Crippen LogP contribution is 2.24. The van der Waals surface area contributed by atoms with Gasteiger partial charge in [0.25, 0.3) is 0 Å². The lowest BCUT2D eigenvalue weighted by molar-refractivity contribution is -0.138. The Bertz CT molecular complexity index is 1680. The molecule has 0 bridgehead atoms. The molecular formula is C30H28N4O7S. The Balaban J connectivity index is 1.43. The highest BCUT2D eigenvalue weighted by Gasteiger charge is 2.29. The van der Waals surface area contributed by atoms with Crippen molar-refractivity contribution in [3.63, 3.8) is 0 Å². The van der Waals surface area contributed by atoms with E-state index in [4.69, 9.17) is 0 Å². The second-order valence-electron chi connectivity index (χ2n) is 9.15. The van der Waals surface area contributed by atoms with Gasteiger partial charge in [0, 0.05) is 24.6 Å². The molecule has 4 rings (SSSR count). The number of carboxylic acids is 1. The normalized spacial score (nSPS) is 11.7. The first-order chi connectivity index (χ1) is 20.2. The fourth-order valence-corrected chi connectivity index (χ4v) is 5.50. The van der Waals surface area contributed by atoms with Crippen LogP contribution in [0.1, 0.15) is 21.5 Å². The van der Waals surface area contributed by atoms with Crippen molar-refractivity contribution < 1.29 is 32.6 Å². The van der Waals surface area contributed by atoms with Crippen LogP contribution in [-0.2, 0) is 32.5 Å². The van der Waals surface area contributed by atoms with Crippen molar-refractivity contribution in [2.24, 2.45) is 0 Å². The fraction of sp³-hybridized carbons (Fsp3) is 0.133. The molecule has 42 heavy (non-hydrogen) atoms. The molecule has 0 radical (unpaired) electrons. The van der Waals surface area contributed by atoms with Crippen LogP contribution in [-0.4, -0.2) is 49.6 Å². The average molecular weight is 589 g/mol. The molecule has 3 aromatic carbocycles. The molecule has 0 aliphatic rings. The van der Waals surface area contributed by atoms with E-state index in [1.54, 1.807) is 60.9 Å². The van der Waals surface area contributed by atoms with Gasteiger partial charge in [-0.15, -0.1) is 0 Å². The number of urea groups is 1. The minimum absolute atomic E-state index is 0.145. The van der Waals surface area contributed by atoms with Gasteiger partial charge < -0.3 is 20.5 Å². The number of aliphatic carboxylic acids is 1. The van der Waals surface area contributed by atoms with Crippen molar-refractivity contribution in [2.75, 3.05) is 12.4 Å². The number of sulfonamides is 1. The number of anilines is 1. The fourth-order valence-electron chi connectivity index (χ4n) is 4.12.